The van der Waals surface area contributed by atoms with E-state index in [1.807, 2.05) is 6.07 Å². The number of para-hydroxylation sites is 1. The number of ether oxygens (including phenoxy) is 2. The van der Waals surface area contributed by atoms with Crippen molar-refractivity contribution < 1.29 is 14.3 Å². The summed E-state index contributed by atoms with van der Waals surface area (Å²) < 4.78 is 14.7. The van der Waals surface area contributed by atoms with Crippen molar-refractivity contribution in [2.45, 2.75) is 37.6 Å². The Morgan fingerprint density at radius 3 is 2.94 bits per heavy atom. The third-order valence-corrected chi connectivity index (χ3v) is 7.81. The van der Waals surface area contributed by atoms with Gasteiger partial charge in [-0.2, -0.15) is 0 Å². The molecule has 2 bridgehead atoms. The van der Waals surface area contributed by atoms with Gasteiger partial charge < -0.3 is 19.4 Å². The van der Waals surface area contributed by atoms with Crippen LogP contribution in [0.2, 0.25) is 0 Å². The summed E-state index contributed by atoms with van der Waals surface area (Å²) in [6.45, 7) is 0.580. The minimum atomic E-state index is 0.0396. The monoisotopic (exact) mass is 408 g/mol. The Hall–Kier alpha value is -3.31. The van der Waals surface area contributed by atoms with Crippen molar-refractivity contribution in [3.05, 3.63) is 64.7 Å². The van der Waals surface area contributed by atoms with Crippen molar-refractivity contribution in [2.75, 3.05) is 7.11 Å². The smallest absolute Gasteiger partial charge is 0.252 e. The van der Waals surface area contributed by atoms with Crippen molar-refractivity contribution in [2.24, 2.45) is 0 Å². The van der Waals surface area contributed by atoms with Crippen molar-refractivity contribution in [3.63, 3.8) is 0 Å². The first-order valence-electron chi connectivity index (χ1n) is 11.0. The van der Waals surface area contributed by atoms with E-state index in [9.17, 15) is 4.79 Å². The number of amides is 1. The van der Waals surface area contributed by atoms with E-state index in [1.165, 1.54) is 32.9 Å². The van der Waals surface area contributed by atoms with Crippen LogP contribution in [-0.4, -0.2) is 23.7 Å². The molecular weight excluding hydrogens is 388 g/mol. The van der Waals surface area contributed by atoms with E-state index in [0.29, 0.717) is 6.54 Å². The van der Waals surface area contributed by atoms with Gasteiger partial charge in [0.25, 0.3) is 5.91 Å². The summed E-state index contributed by atoms with van der Waals surface area (Å²) in [4.78, 5) is 13.1. The van der Waals surface area contributed by atoms with E-state index in [0.717, 1.165) is 40.8 Å². The molecule has 0 radical (unpaired) electrons. The lowest BCUT2D eigenvalue weighted by Gasteiger charge is -2.20. The Balaban J connectivity index is 1.65. The van der Waals surface area contributed by atoms with Crippen LogP contribution in [0, 0.1) is 0 Å². The molecule has 3 unspecified atom stereocenters. The van der Waals surface area contributed by atoms with Gasteiger partial charge in [-0.1, -0.05) is 24.3 Å². The van der Waals surface area contributed by atoms with Gasteiger partial charge >= 0.3 is 0 Å². The fourth-order valence-corrected chi connectivity index (χ4v) is 6.70. The lowest BCUT2D eigenvalue weighted by Crippen LogP contribution is -2.16. The number of carbonyl (C=O) groups is 1. The molecule has 5 heteroatoms. The molecule has 3 aliphatic heterocycles. The van der Waals surface area contributed by atoms with Crippen LogP contribution < -0.4 is 10.1 Å². The largest absolute Gasteiger partial charge is 0.497 e. The summed E-state index contributed by atoms with van der Waals surface area (Å²) in [6.07, 6.45) is 2.18. The molecule has 1 fully saturated rings. The fraction of sp³-hybridized carbons (Fsp3) is 0.269. The topological polar surface area (TPSA) is 52.5 Å². The first-order chi connectivity index (χ1) is 15.3. The Kier molecular flexibility index (Phi) is 2.80. The molecule has 0 spiro atoms. The third-order valence-electron chi connectivity index (χ3n) is 7.81. The van der Waals surface area contributed by atoms with Gasteiger partial charge in [0.15, 0.2) is 0 Å². The number of nitrogens with zero attached hydrogens (tertiary/aromatic N) is 1. The number of fused-ring (bicyclic) bond motifs is 13. The van der Waals surface area contributed by atoms with E-state index in [-0.39, 0.29) is 24.2 Å². The zero-order chi connectivity index (χ0) is 20.4. The SMILES string of the molecule is COc1ccc2c(c1)C1c3c-2c2c(c4c5ccccc5n(c34)C3CCC1O3)CNC2=O. The molecule has 31 heavy (non-hydrogen) atoms. The molecule has 0 saturated carbocycles. The van der Waals surface area contributed by atoms with Gasteiger partial charge in [-0.3, -0.25) is 4.79 Å². The van der Waals surface area contributed by atoms with Crippen LogP contribution in [0.4, 0.5) is 0 Å². The number of rotatable bonds is 1. The highest BCUT2D eigenvalue weighted by Gasteiger charge is 2.48. The average Bonchev–Trinajstić information content (AvgIpc) is 3.52. The van der Waals surface area contributed by atoms with Crippen LogP contribution >= 0.6 is 0 Å². The van der Waals surface area contributed by atoms with Crippen molar-refractivity contribution >= 4 is 27.7 Å². The highest BCUT2D eigenvalue weighted by atomic mass is 16.5. The van der Waals surface area contributed by atoms with Crippen LogP contribution in [0.5, 0.6) is 5.75 Å². The van der Waals surface area contributed by atoms with Crippen LogP contribution in [-0.2, 0) is 11.3 Å². The predicted octanol–water partition coefficient (Wildman–Crippen LogP) is 4.85. The fourth-order valence-electron chi connectivity index (χ4n) is 6.70. The molecule has 4 aromatic rings. The quantitative estimate of drug-likeness (QED) is 0.490. The molecule has 8 rings (SSSR count). The zero-order valence-electron chi connectivity index (χ0n) is 17.1. The number of methoxy groups -OCH3 is 1. The summed E-state index contributed by atoms with van der Waals surface area (Å²) in [5.74, 6) is 1.01. The average molecular weight is 408 g/mol. The van der Waals surface area contributed by atoms with Gasteiger partial charge in [0, 0.05) is 28.8 Å². The summed E-state index contributed by atoms with van der Waals surface area (Å²) >= 11 is 0. The maximum atomic E-state index is 13.1. The molecule has 1 saturated heterocycles. The van der Waals surface area contributed by atoms with Crippen LogP contribution in [0.1, 0.15) is 52.0 Å². The maximum Gasteiger partial charge on any atom is 0.252 e. The van der Waals surface area contributed by atoms with Gasteiger partial charge in [-0.05, 0) is 53.3 Å². The summed E-state index contributed by atoms with van der Waals surface area (Å²) in [5, 5.41) is 5.56. The predicted molar refractivity (Wildman–Crippen MR) is 118 cm³/mol. The normalized spacial score (nSPS) is 24.4. The molecule has 4 heterocycles. The van der Waals surface area contributed by atoms with Crippen molar-refractivity contribution in [3.8, 4) is 16.9 Å². The molecule has 5 nitrogen and oxygen atoms in total. The molecule has 3 atom stereocenters. The minimum Gasteiger partial charge on any atom is -0.497 e. The van der Waals surface area contributed by atoms with E-state index >= 15 is 0 Å². The number of benzene rings is 3. The number of nitrogens with one attached hydrogen (secondary N) is 1. The molecule has 1 aromatic heterocycles. The van der Waals surface area contributed by atoms with Crippen LogP contribution in [0.3, 0.4) is 0 Å². The van der Waals surface area contributed by atoms with E-state index in [2.05, 4.69) is 46.3 Å². The Bertz CT molecular complexity index is 1500. The first-order valence-corrected chi connectivity index (χ1v) is 11.0. The highest BCUT2D eigenvalue weighted by Crippen LogP contribution is 2.59. The lowest BCUT2D eigenvalue weighted by atomic mass is 9.86. The van der Waals surface area contributed by atoms with Gasteiger partial charge in [-0.25, -0.2) is 0 Å². The zero-order valence-corrected chi connectivity index (χ0v) is 17.1. The molecule has 3 aromatic carbocycles. The molecule has 1 N–H and O–H groups in total. The van der Waals surface area contributed by atoms with Crippen molar-refractivity contribution in [1.82, 2.24) is 9.88 Å². The highest BCUT2D eigenvalue weighted by molar-refractivity contribution is 6.20. The number of aromatic nitrogens is 1. The number of carbonyl (C=O) groups excluding carboxylic acids is 1. The molecular formula is C26H20N2O3. The van der Waals surface area contributed by atoms with Crippen LogP contribution in [0.25, 0.3) is 32.9 Å². The van der Waals surface area contributed by atoms with E-state index in [1.54, 1.807) is 7.11 Å². The third kappa shape index (κ3) is 1.74. The summed E-state index contributed by atoms with van der Waals surface area (Å²) in [7, 11) is 1.71. The Morgan fingerprint density at radius 1 is 1.13 bits per heavy atom. The Labute approximate surface area is 178 Å². The second kappa shape index (κ2) is 5.29. The minimum absolute atomic E-state index is 0.0396. The van der Waals surface area contributed by atoms with Crippen LogP contribution in [0.15, 0.2) is 42.5 Å². The Morgan fingerprint density at radius 2 is 2.03 bits per heavy atom. The second-order valence-electron chi connectivity index (χ2n) is 9.07. The lowest BCUT2D eigenvalue weighted by molar-refractivity contribution is 0.00492. The summed E-state index contributed by atoms with van der Waals surface area (Å²) in [5.41, 5.74) is 9.23. The standard InChI is InChI=1S/C26H20N2O3/c1-30-12-6-7-13-15(10-12)21-18-8-9-19(31-18)28-17-5-3-2-4-14(17)20-16-11-27-26(29)23(16)22(13)24(21)25(20)28/h2-7,10,18-19,21H,8-9,11H2,1H3,(H,27,29). The van der Waals surface area contributed by atoms with Gasteiger partial charge in [0.2, 0.25) is 0 Å². The van der Waals surface area contributed by atoms with Crippen molar-refractivity contribution in [1.29, 1.82) is 0 Å². The molecule has 152 valence electrons. The van der Waals surface area contributed by atoms with Gasteiger partial charge in [-0.15, -0.1) is 0 Å². The van der Waals surface area contributed by atoms with E-state index < -0.39 is 0 Å². The molecule has 1 aliphatic carbocycles. The molecule has 1 amide bonds. The van der Waals surface area contributed by atoms with Gasteiger partial charge in [0.1, 0.15) is 12.0 Å². The second-order valence-corrected chi connectivity index (χ2v) is 9.07. The first kappa shape index (κ1) is 16.4. The maximum absolute atomic E-state index is 13.1. The number of hydrogen-bond acceptors (Lipinski definition) is 3. The van der Waals surface area contributed by atoms with E-state index in [4.69, 9.17) is 9.47 Å². The number of hydrogen-bond donors (Lipinski definition) is 1. The van der Waals surface area contributed by atoms with Gasteiger partial charge in [0.05, 0.1) is 29.8 Å². The molecule has 4 aliphatic rings. The summed E-state index contributed by atoms with van der Waals surface area (Å²) in [6, 6.07) is 14.9.